The average Bonchev–Trinajstić information content (AvgIpc) is 2.73. The second-order valence-electron chi connectivity index (χ2n) is 7.86. The Morgan fingerprint density at radius 2 is 1.87 bits per heavy atom. The Kier molecular flexibility index (Phi) is 5.78. The maximum absolute atomic E-state index is 12.9. The molecule has 1 aliphatic rings. The maximum atomic E-state index is 12.9. The lowest BCUT2D eigenvalue weighted by Crippen LogP contribution is -2.32. The topological polar surface area (TPSA) is 85.4 Å². The first-order valence-corrected chi connectivity index (χ1v) is 11.7. The molecule has 4 bridgehead atoms. The van der Waals surface area contributed by atoms with Gasteiger partial charge in [-0.2, -0.15) is 0 Å². The van der Waals surface area contributed by atoms with Gasteiger partial charge < -0.3 is 4.74 Å². The number of benzene rings is 2. The summed E-state index contributed by atoms with van der Waals surface area (Å²) < 4.78 is 33.7. The van der Waals surface area contributed by atoms with Gasteiger partial charge in [0.15, 0.2) is 0 Å². The van der Waals surface area contributed by atoms with Crippen LogP contribution in [0.25, 0.3) is 11.1 Å². The molecule has 2 heterocycles. The van der Waals surface area contributed by atoms with Crippen molar-refractivity contribution in [3.63, 3.8) is 0 Å². The van der Waals surface area contributed by atoms with Crippen molar-refractivity contribution in [3.8, 4) is 17.0 Å². The molecule has 2 aromatic carbocycles. The van der Waals surface area contributed by atoms with Gasteiger partial charge in [0, 0.05) is 18.7 Å². The highest BCUT2D eigenvalue weighted by Crippen LogP contribution is 2.32. The van der Waals surface area contributed by atoms with Crippen molar-refractivity contribution in [3.05, 3.63) is 77.5 Å². The number of nitrogens with one attached hydrogen (secondary N) is 1. The number of hydrogen-bond donors (Lipinski definition) is 1. The number of nitrogens with zero attached hydrogens (tertiary/aromatic N) is 1. The number of hydrogen-bond acceptors (Lipinski definition) is 5. The van der Waals surface area contributed by atoms with Gasteiger partial charge in [-0.1, -0.05) is 44.2 Å². The number of rotatable bonds is 1. The summed E-state index contributed by atoms with van der Waals surface area (Å²) >= 11 is 0. The number of carbonyl (C=O) groups is 1. The van der Waals surface area contributed by atoms with E-state index in [0.29, 0.717) is 18.9 Å². The molecule has 31 heavy (non-hydrogen) atoms. The fourth-order valence-corrected chi connectivity index (χ4v) is 4.87. The van der Waals surface area contributed by atoms with Gasteiger partial charge in [0.1, 0.15) is 0 Å². The molecule has 6 nitrogen and oxygen atoms in total. The van der Waals surface area contributed by atoms with Gasteiger partial charge in [-0.05, 0) is 51.9 Å². The van der Waals surface area contributed by atoms with E-state index in [-0.39, 0.29) is 17.2 Å². The summed E-state index contributed by atoms with van der Waals surface area (Å²) in [6.07, 6.45) is 2.14. The summed E-state index contributed by atoms with van der Waals surface area (Å²) in [5, 5.41) is 0. The van der Waals surface area contributed by atoms with Gasteiger partial charge in [-0.3, -0.25) is 4.79 Å². The van der Waals surface area contributed by atoms with E-state index in [1.165, 1.54) is 6.07 Å². The zero-order valence-corrected chi connectivity index (χ0v) is 18.3. The van der Waals surface area contributed by atoms with Crippen LogP contribution in [-0.2, 0) is 27.7 Å². The fraction of sp³-hybridized carbons (Fsp3) is 0.250. The number of aromatic nitrogens is 1. The second kappa shape index (κ2) is 8.51. The zero-order valence-electron chi connectivity index (χ0n) is 17.5. The second-order valence-corrected chi connectivity index (χ2v) is 9.54. The molecular weight excluding hydrogens is 412 g/mol. The SMILES string of the molecule is CC(C)c1cccc2c1CC(=O)NS(=O)(=O)c1cccc(c1)CCOc1cc-2ccn1. The van der Waals surface area contributed by atoms with Crippen LogP contribution >= 0.6 is 0 Å². The maximum Gasteiger partial charge on any atom is 0.264 e. The molecule has 1 aromatic heterocycles. The van der Waals surface area contributed by atoms with E-state index in [0.717, 1.165) is 27.8 Å². The lowest BCUT2D eigenvalue weighted by molar-refractivity contribution is -0.118. The summed E-state index contributed by atoms with van der Waals surface area (Å²) in [6.45, 7) is 4.45. The van der Waals surface area contributed by atoms with Gasteiger partial charge in [0.05, 0.1) is 17.9 Å². The molecule has 0 aliphatic carbocycles. The summed E-state index contributed by atoms with van der Waals surface area (Å²) in [7, 11) is -3.97. The Labute approximate surface area is 182 Å². The van der Waals surface area contributed by atoms with Gasteiger partial charge in [-0.25, -0.2) is 18.1 Å². The summed E-state index contributed by atoms with van der Waals surface area (Å²) in [6, 6.07) is 16.1. The molecule has 0 saturated heterocycles. The molecule has 7 heteroatoms. The van der Waals surface area contributed by atoms with E-state index >= 15 is 0 Å². The van der Waals surface area contributed by atoms with Crippen LogP contribution in [0.3, 0.4) is 0 Å². The lowest BCUT2D eigenvalue weighted by Gasteiger charge is -2.18. The van der Waals surface area contributed by atoms with Gasteiger partial charge >= 0.3 is 0 Å². The minimum atomic E-state index is -3.97. The Balaban J connectivity index is 1.85. The lowest BCUT2D eigenvalue weighted by atomic mass is 9.88. The first-order chi connectivity index (χ1) is 14.8. The molecule has 160 valence electrons. The molecule has 3 aromatic rings. The standard InChI is InChI=1S/C24H24N2O4S/c1-16(2)20-7-4-8-21-18-9-11-25-24(14-18)30-12-10-17-5-3-6-19(13-17)31(28,29)26-23(27)15-22(20)21/h3-9,11,13-14,16H,10,12,15H2,1-2H3,(H,26,27). The Hall–Kier alpha value is -3.19. The first kappa shape index (κ1) is 21.1. The largest absolute Gasteiger partial charge is 0.477 e. The third-order valence-electron chi connectivity index (χ3n) is 5.32. The van der Waals surface area contributed by atoms with Crippen LogP contribution in [0.5, 0.6) is 5.88 Å². The van der Waals surface area contributed by atoms with E-state index in [1.807, 2.05) is 50.2 Å². The molecular formula is C24H24N2O4S. The smallest absolute Gasteiger partial charge is 0.264 e. The van der Waals surface area contributed by atoms with Crippen LogP contribution in [0.1, 0.15) is 36.5 Å². The zero-order chi connectivity index (χ0) is 22.0. The van der Waals surface area contributed by atoms with E-state index in [4.69, 9.17) is 4.74 Å². The van der Waals surface area contributed by atoms with E-state index in [1.54, 1.807) is 18.3 Å². The number of pyridine rings is 1. The van der Waals surface area contributed by atoms with Crippen LogP contribution in [-0.4, -0.2) is 25.9 Å². The third-order valence-corrected chi connectivity index (χ3v) is 6.69. The van der Waals surface area contributed by atoms with Crippen molar-refractivity contribution in [1.82, 2.24) is 9.71 Å². The van der Waals surface area contributed by atoms with Crippen molar-refractivity contribution in [1.29, 1.82) is 0 Å². The van der Waals surface area contributed by atoms with Crippen molar-refractivity contribution in [2.75, 3.05) is 6.61 Å². The van der Waals surface area contributed by atoms with Crippen molar-refractivity contribution < 1.29 is 17.9 Å². The highest BCUT2D eigenvalue weighted by Gasteiger charge is 2.22. The van der Waals surface area contributed by atoms with Gasteiger partial charge in [-0.15, -0.1) is 0 Å². The molecule has 0 fully saturated rings. The molecule has 0 saturated carbocycles. The van der Waals surface area contributed by atoms with Crippen molar-refractivity contribution >= 4 is 15.9 Å². The Bertz CT molecular complexity index is 1240. The summed E-state index contributed by atoms with van der Waals surface area (Å²) in [5.41, 5.74) is 4.32. The van der Waals surface area contributed by atoms with Gasteiger partial charge in [0.2, 0.25) is 11.8 Å². The summed E-state index contributed by atoms with van der Waals surface area (Å²) in [5.74, 6) is 0.0809. The number of fused-ring (bicyclic) bond motifs is 6. The number of sulfonamides is 1. The van der Waals surface area contributed by atoms with E-state index in [2.05, 4.69) is 9.71 Å². The third kappa shape index (κ3) is 4.61. The normalized spacial score (nSPS) is 15.8. The molecule has 4 rings (SSSR count). The predicted molar refractivity (Wildman–Crippen MR) is 118 cm³/mol. The monoisotopic (exact) mass is 436 g/mol. The van der Waals surface area contributed by atoms with Crippen LogP contribution in [0, 0.1) is 0 Å². The minimum absolute atomic E-state index is 0.0544. The number of ether oxygens (including phenoxy) is 1. The van der Waals surface area contributed by atoms with Crippen LogP contribution in [0.4, 0.5) is 0 Å². The highest BCUT2D eigenvalue weighted by molar-refractivity contribution is 7.90. The first-order valence-electron chi connectivity index (χ1n) is 10.2. The van der Waals surface area contributed by atoms with Crippen molar-refractivity contribution in [2.45, 2.75) is 37.5 Å². The average molecular weight is 437 g/mol. The highest BCUT2D eigenvalue weighted by atomic mass is 32.2. The van der Waals surface area contributed by atoms with E-state index < -0.39 is 15.9 Å². The molecule has 0 atom stereocenters. The van der Waals surface area contributed by atoms with Crippen LogP contribution < -0.4 is 9.46 Å². The molecule has 1 aliphatic heterocycles. The van der Waals surface area contributed by atoms with Crippen molar-refractivity contribution in [2.24, 2.45) is 0 Å². The molecule has 0 unspecified atom stereocenters. The molecule has 1 N–H and O–H groups in total. The molecule has 0 radical (unpaired) electrons. The Morgan fingerprint density at radius 1 is 1.06 bits per heavy atom. The summed E-state index contributed by atoms with van der Waals surface area (Å²) in [4.78, 5) is 17.2. The Morgan fingerprint density at radius 3 is 2.68 bits per heavy atom. The quantitative estimate of drug-likeness (QED) is 0.626. The number of amides is 1. The molecule has 0 spiro atoms. The predicted octanol–water partition coefficient (Wildman–Crippen LogP) is 3.85. The minimum Gasteiger partial charge on any atom is -0.477 e. The fourth-order valence-electron chi connectivity index (χ4n) is 3.82. The van der Waals surface area contributed by atoms with Crippen LogP contribution in [0.2, 0.25) is 0 Å². The van der Waals surface area contributed by atoms with Crippen LogP contribution in [0.15, 0.2) is 65.7 Å². The van der Waals surface area contributed by atoms with Gasteiger partial charge in [0.25, 0.3) is 10.0 Å². The number of carbonyl (C=O) groups excluding carboxylic acids is 1. The van der Waals surface area contributed by atoms with E-state index in [9.17, 15) is 13.2 Å². The molecule has 1 amide bonds.